The number of hydrogen-bond donors (Lipinski definition) is 1. The van der Waals surface area contributed by atoms with Crippen molar-refractivity contribution >= 4 is 45.8 Å². The van der Waals surface area contributed by atoms with E-state index in [2.05, 4.69) is 44.3 Å². The zero-order valence-electron chi connectivity index (χ0n) is 18.4. The van der Waals surface area contributed by atoms with Crippen molar-refractivity contribution < 1.29 is 9.18 Å². The molecule has 1 N–H and O–H groups in total. The summed E-state index contributed by atoms with van der Waals surface area (Å²) in [5, 5.41) is 3.76. The van der Waals surface area contributed by atoms with Crippen LogP contribution in [0.15, 0.2) is 46.4 Å². The number of thioether (sulfide) groups is 1. The summed E-state index contributed by atoms with van der Waals surface area (Å²) in [7, 11) is 0. The number of urea groups is 1. The number of nitrogens with one attached hydrogen (secondary N) is 1. The van der Waals surface area contributed by atoms with E-state index in [-0.39, 0.29) is 11.1 Å². The van der Waals surface area contributed by atoms with E-state index in [1.165, 1.54) is 29.3 Å². The van der Waals surface area contributed by atoms with Crippen LogP contribution in [-0.4, -0.2) is 46.2 Å². The van der Waals surface area contributed by atoms with Gasteiger partial charge < -0.3 is 10.2 Å². The molecule has 0 aromatic heterocycles. The third-order valence-corrected chi connectivity index (χ3v) is 7.05. The van der Waals surface area contributed by atoms with Gasteiger partial charge in [0.2, 0.25) is 0 Å². The van der Waals surface area contributed by atoms with Crippen LogP contribution < -0.4 is 5.32 Å². The Kier molecular flexibility index (Phi) is 6.58. The number of amides is 2. The molecular formula is C24H26ClFN4OS. The molecule has 5 nitrogen and oxygen atoms in total. The van der Waals surface area contributed by atoms with E-state index in [0.29, 0.717) is 31.6 Å². The number of carbonyl (C=O) groups is 1. The number of carbonyl (C=O) groups excluding carboxylic acids is 1. The van der Waals surface area contributed by atoms with Crippen molar-refractivity contribution in [2.75, 3.05) is 24.2 Å². The highest BCUT2D eigenvalue weighted by molar-refractivity contribution is 8.15. The number of nitrogens with zero attached hydrogens (tertiary/aromatic N) is 3. The van der Waals surface area contributed by atoms with E-state index >= 15 is 0 Å². The first-order valence-electron chi connectivity index (χ1n) is 10.7. The van der Waals surface area contributed by atoms with Crippen molar-refractivity contribution in [3.63, 3.8) is 0 Å². The molecule has 0 bridgehead atoms. The number of aliphatic imine (C=N–C) groups is 2. The summed E-state index contributed by atoms with van der Waals surface area (Å²) < 4.78 is 13.4. The van der Waals surface area contributed by atoms with Crippen molar-refractivity contribution in [1.82, 2.24) is 4.90 Å². The van der Waals surface area contributed by atoms with Gasteiger partial charge in [0.15, 0.2) is 5.66 Å². The molecule has 2 aliphatic heterocycles. The maximum absolute atomic E-state index is 13.4. The van der Waals surface area contributed by atoms with Gasteiger partial charge in [-0.2, -0.15) is 0 Å². The molecule has 2 aliphatic rings. The number of benzene rings is 2. The summed E-state index contributed by atoms with van der Waals surface area (Å²) in [6, 6.07) is 10.3. The zero-order chi connectivity index (χ0) is 22.9. The Morgan fingerprint density at radius 3 is 2.56 bits per heavy atom. The lowest BCUT2D eigenvalue weighted by atomic mass is 9.98. The van der Waals surface area contributed by atoms with E-state index in [9.17, 15) is 9.18 Å². The first-order valence-corrected chi connectivity index (χ1v) is 12.1. The predicted molar refractivity (Wildman–Crippen MR) is 132 cm³/mol. The third kappa shape index (κ3) is 4.69. The molecule has 2 aromatic carbocycles. The van der Waals surface area contributed by atoms with Crippen LogP contribution in [0.1, 0.15) is 36.5 Å². The monoisotopic (exact) mass is 472 g/mol. The molecule has 2 heterocycles. The van der Waals surface area contributed by atoms with Crippen LogP contribution in [0.5, 0.6) is 0 Å². The van der Waals surface area contributed by atoms with Gasteiger partial charge in [-0.1, -0.05) is 30.7 Å². The average molecular weight is 473 g/mol. The van der Waals surface area contributed by atoms with Crippen LogP contribution in [0.3, 0.4) is 0 Å². The van der Waals surface area contributed by atoms with Crippen LogP contribution >= 0.6 is 23.4 Å². The molecule has 0 aliphatic carbocycles. The molecule has 0 saturated carbocycles. The molecule has 0 unspecified atom stereocenters. The van der Waals surface area contributed by atoms with Crippen LogP contribution in [0.4, 0.5) is 14.9 Å². The molecule has 8 heteroatoms. The molecule has 4 rings (SSSR count). The highest BCUT2D eigenvalue weighted by Gasteiger charge is 2.40. The minimum Gasteiger partial charge on any atom is -0.324 e. The van der Waals surface area contributed by atoms with Gasteiger partial charge in [-0.3, -0.25) is 4.99 Å². The smallest absolute Gasteiger partial charge is 0.321 e. The Balaban J connectivity index is 1.48. The van der Waals surface area contributed by atoms with Gasteiger partial charge in [0.1, 0.15) is 10.9 Å². The molecule has 0 atom stereocenters. The summed E-state index contributed by atoms with van der Waals surface area (Å²) >= 11 is 7.53. The number of likely N-dealkylation sites (tertiary alicyclic amines) is 1. The Hall–Kier alpha value is -2.38. The van der Waals surface area contributed by atoms with Crippen LogP contribution in [0.2, 0.25) is 5.02 Å². The van der Waals surface area contributed by atoms with Gasteiger partial charge in [0.25, 0.3) is 0 Å². The quantitative estimate of drug-likeness (QED) is 0.589. The normalized spacial score (nSPS) is 17.3. The standard InChI is InChI=1S/C24H26ClFN4OS/c1-4-32-22-21(17-6-5-15(2)16(3)13-17)28-24(29-22)9-11-30(12-10-24)23(31)27-18-7-8-20(26)19(25)14-18/h5-8,13-14H,4,9-12H2,1-3H3,(H,27,31). The fourth-order valence-electron chi connectivity index (χ4n) is 3.90. The summed E-state index contributed by atoms with van der Waals surface area (Å²) in [6.45, 7) is 7.41. The molecule has 168 valence electrons. The minimum absolute atomic E-state index is 0.0187. The number of anilines is 1. The lowest BCUT2D eigenvalue weighted by molar-refractivity contribution is 0.175. The molecule has 32 heavy (non-hydrogen) atoms. The Morgan fingerprint density at radius 1 is 1.16 bits per heavy atom. The average Bonchev–Trinajstić information content (AvgIpc) is 3.11. The lowest BCUT2D eigenvalue weighted by Gasteiger charge is -2.35. The van der Waals surface area contributed by atoms with Gasteiger partial charge in [-0.05, 0) is 55.0 Å². The number of halogens is 2. The zero-order valence-corrected chi connectivity index (χ0v) is 20.0. The van der Waals surface area contributed by atoms with E-state index in [1.54, 1.807) is 16.7 Å². The number of aryl methyl sites for hydroxylation is 2. The number of hydrogen-bond acceptors (Lipinski definition) is 4. The molecule has 2 amide bonds. The highest BCUT2D eigenvalue weighted by atomic mass is 35.5. The molecule has 1 fully saturated rings. The van der Waals surface area contributed by atoms with Crippen LogP contribution in [0, 0.1) is 19.7 Å². The lowest BCUT2D eigenvalue weighted by Crippen LogP contribution is -2.46. The first kappa shape index (κ1) is 22.8. The van der Waals surface area contributed by atoms with Crippen LogP contribution in [-0.2, 0) is 0 Å². The number of piperidine rings is 1. The van der Waals surface area contributed by atoms with Gasteiger partial charge in [-0.15, -0.1) is 11.8 Å². The highest BCUT2D eigenvalue weighted by Crippen LogP contribution is 2.36. The van der Waals surface area contributed by atoms with Crippen LogP contribution in [0.25, 0.3) is 0 Å². The van der Waals surface area contributed by atoms with Crippen molar-refractivity contribution in [2.45, 2.75) is 39.3 Å². The Morgan fingerprint density at radius 2 is 1.91 bits per heavy atom. The second kappa shape index (κ2) is 9.24. The van der Waals surface area contributed by atoms with Gasteiger partial charge >= 0.3 is 6.03 Å². The maximum Gasteiger partial charge on any atom is 0.321 e. The van der Waals surface area contributed by atoms with Gasteiger partial charge in [0, 0.05) is 37.2 Å². The van der Waals surface area contributed by atoms with Crippen molar-refractivity contribution in [3.05, 3.63) is 63.9 Å². The van der Waals surface area contributed by atoms with Gasteiger partial charge in [-0.25, -0.2) is 14.2 Å². The molecule has 1 saturated heterocycles. The molecule has 1 spiro atoms. The van der Waals surface area contributed by atoms with Crippen molar-refractivity contribution in [1.29, 1.82) is 0 Å². The summed E-state index contributed by atoms with van der Waals surface area (Å²) in [5.74, 6) is 0.412. The van der Waals surface area contributed by atoms with E-state index in [1.807, 2.05) is 0 Å². The van der Waals surface area contributed by atoms with Crippen molar-refractivity contribution in [2.24, 2.45) is 9.98 Å². The van der Waals surface area contributed by atoms with E-state index < -0.39 is 11.5 Å². The van der Waals surface area contributed by atoms with E-state index in [4.69, 9.17) is 21.6 Å². The SMILES string of the molecule is CCSC1=NC2(CCN(C(=O)Nc3ccc(F)c(Cl)c3)CC2)N=C1c1ccc(C)c(C)c1. The predicted octanol–water partition coefficient (Wildman–Crippen LogP) is 6.07. The summed E-state index contributed by atoms with van der Waals surface area (Å²) in [5.41, 5.74) is 4.50. The fraction of sp³-hybridized carbons (Fsp3) is 0.375. The largest absolute Gasteiger partial charge is 0.324 e. The van der Waals surface area contributed by atoms with Gasteiger partial charge in [0.05, 0.1) is 10.7 Å². The minimum atomic E-state index is -0.512. The number of rotatable bonds is 3. The molecule has 2 aromatic rings. The molecule has 0 radical (unpaired) electrons. The maximum atomic E-state index is 13.4. The topological polar surface area (TPSA) is 57.1 Å². The van der Waals surface area contributed by atoms with E-state index in [0.717, 1.165) is 22.1 Å². The van der Waals surface area contributed by atoms with Crippen molar-refractivity contribution in [3.8, 4) is 0 Å². The Labute approximate surface area is 197 Å². The second-order valence-electron chi connectivity index (χ2n) is 8.14. The Bertz CT molecular complexity index is 1110. The third-order valence-electron chi connectivity index (χ3n) is 5.92. The molecular weight excluding hydrogens is 447 g/mol. The summed E-state index contributed by atoms with van der Waals surface area (Å²) in [4.78, 5) is 24.6. The second-order valence-corrected chi connectivity index (χ2v) is 9.80. The first-order chi connectivity index (χ1) is 15.3. The summed E-state index contributed by atoms with van der Waals surface area (Å²) in [6.07, 6.45) is 1.32. The fourth-order valence-corrected chi connectivity index (χ4v) is 4.89.